The zero-order valence-electron chi connectivity index (χ0n) is 8.64. The predicted molar refractivity (Wildman–Crippen MR) is 55.0 cm³/mol. The average Bonchev–Trinajstić information content (AvgIpc) is 2.74. The summed E-state index contributed by atoms with van der Waals surface area (Å²) in [5, 5.41) is 6.48. The zero-order valence-corrected chi connectivity index (χ0v) is 8.64. The van der Waals surface area contributed by atoms with Crippen LogP contribution in [0.2, 0.25) is 0 Å². The molecule has 0 aromatic carbocycles. The summed E-state index contributed by atoms with van der Waals surface area (Å²) in [7, 11) is 1.76. The first-order valence-electron chi connectivity index (χ1n) is 5.37. The maximum Gasteiger partial charge on any atom is 0.0707 e. The molecule has 0 amide bonds. The van der Waals surface area contributed by atoms with Gasteiger partial charge in [0.05, 0.1) is 6.10 Å². The summed E-state index contributed by atoms with van der Waals surface area (Å²) in [6, 6.07) is 0. The Balaban J connectivity index is 0.000000132. The van der Waals surface area contributed by atoms with E-state index < -0.39 is 0 Å². The molecule has 0 aromatic heterocycles. The van der Waals surface area contributed by atoms with E-state index in [9.17, 15) is 0 Å². The Kier molecular flexibility index (Phi) is 6.15. The Morgan fingerprint density at radius 2 is 1.77 bits per heavy atom. The summed E-state index contributed by atoms with van der Waals surface area (Å²) >= 11 is 0. The van der Waals surface area contributed by atoms with E-state index in [1.807, 2.05) is 0 Å². The summed E-state index contributed by atoms with van der Waals surface area (Å²) in [5.41, 5.74) is 0. The third-order valence-electron chi connectivity index (χ3n) is 2.56. The van der Waals surface area contributed by atoms with Crippen LogP contribution in [0.25, 0.3) is 0 Å². The molecule has 2 saturated heterocycles. The molecule has 2 rings (SSSR count). The smallest absolute Gasteiger partial charge is 0.0707 e. The van der Waals surface area contributed by atoms with E-state index in [2.05, 4.69) is 10.6 Å². The molecule has 3 heteroatoms. The zero-order chi connectivity index (χ0) is 9.36. The second-order valence-electron chi connectivity index (χ2n) is 3.66. The van der Waals surface area contributed by atoms with Crippen molar-refractivity contribution in [2.45, 2.75) is 31.8 Å². The first-order valence-corrected chi connectivity index (χ1v) is 5.37. The molecule has 0 aliphatic carbocycles. The van der Waals surface area contributed by atoms with Crippen molar-refractivity contribution in [2.24, 2.45) is 0 Å². The molecule has 2 aliphatic rings. The summed E-state index contributed by atoms with van der Waals surface area (Å²) in [4.78, 5) is 0. The minimum Gasteiger partial charge on any atom is -0.380 e. The van der Waals surface area contributed by atoms with E-state index in [1.165, 1.54) is 38.8 Å². The van der Waals surface area contributed by atoms with Crippen molar-refractivity contribution in [3.63, 3.8) is 0 Å². The number of piperidine rings is 1. The number of nitrogens with one attached hydrogen (secondary N) is 2. The number of ether oxygens (including phenoxy) is 1. The molecule has 3 nitrogen and oxygen atoms in total. The molecule has 2 N–H and O–H groups in total. The molecule has 78 valence electrons. The first-order chi connectivity index (χ1) is 6.43. The third kappa shape index (κ3) is 5.24. The molecule has 0 spiro atoms. The molecule has 13 heavy (non-hydrogen) atoms. The maximum atomic E-state index is 5.05. The Bertz CT molecular complexity index is 98.0. The molecular formula is C10H22N2O. The highest BCUT2D eigenvalue weighted by Crippen LogP contribution is 1.99. The van der Waals surface area contributed by atoms with Crippen LogP contribution in [0.1, 0.15) is 25.7 Å². The largest absolute Gasteiger partial charge is 0.380 e. The monoisotopic (exact) mass is 186 g/mol. The van der Waals surface area contributed by atoms with Crippen LogP contribution in [0.4, 0.5) is 0 Å². The van der Waals surface area contributed by atoms with Crippen LogP contribution in [0.5, 0.6) is 0 Å². The van der Waals surface area contributed by atoms with Crippen molar-refractivity contribution < 1.29 is 4.74 Å². The van der Waals surface area contributed by atoms with E-state index in [0.29, 0.717) is 6.10 Å². The van der Waals surface area contributed by atoms with Gasteiger partial charge in [0.15, 0.2) is 0 Å². The van der Waals surface area contributed by atoms with E-state index in [4.69, 9.17) is 4.74 Å². The van der Waals surface area contributed by atoms with Crippen molar-refractivity contribution in [3.8, 4) is 0 Å². The van der Waals surface area contributed by atoms with Crippen LogP contribution in [-0.2, 0) is 4.74 Å². The molecule has 2 aliphatic heterocycles. The third-order valence-corrected chi connectivity index (χ3v) is 2.56. The summed E-state index contributed by atoms with van der Waals surface area (Å²) in [6.45, 7) is 4.66. The predicted octanol–water partition coefficient (Wildman–Crippen LogP) is 0.755. The lowest BCUT2D eigenvalue weighted by atomic mass is 10.2. The van der Waals surface area contributed by atoms with Crippen LogP contribution in [0.3, 0.4) is 0 Å². The molecule has 0 radical (unpaired) electrons. The molecule has 0 bridgehead atoms. The summed E-state index contributed by atoms with van der Waals surface area (Å²) in [5.74, 6) is 0. The highest BCUT2D eigenvalue weighted by atomic mass is 16.5. The van der Waals surface area contributed by atoms with Crippen molar-refractivity contribution in [1.29, 1.82) is 0 Å². The summed E-state index contributed by atoms with van der Waals surface area (Å²) < 4.78 is 5.05. The Labute approximate surface area is 81.2 Å². The lowest BCUT2D eigenvalue weighted by molar-refractivity contribution is 0.119. The molecule has 1 atom stereocenters. The van der Waals surface area contributed by atoms with Gasteiger partial charge in [0.25, 0.3) is 0 Å². The molecule has 2 heterocycles. The summed E-state index contributed by atoms with van der Waals surface area (Å²) in [6.07, 6.45) is 5.88. The van der Waals surface area contributed by atoms with Gasteiger partial charge in [-0.2, -0.15) is 0 Å². The number of methoxy groups -OCH3 is 1. The van der Waals surface area contributed by atoms with Gasteiger partial charge in [0.2, 0.25) is 0 Å². The van der Waals surface area contributed by atoms with Gasteiger partial charge in [-0.15, -0.1) is 0 Å². The second-order valence-corrected chi connectivity index (χ2v) is 3.66. The Morgan fingerprint density at radius 1 is 1.00 bits per heavy atom. The van der Waals surface area contributed by atoms with Crippen molar-refractivity contribution in [3.05, 3.63) is 0 Å². The fraction of sp³-hybridized carbons (Fsp3) is 1.00. The fourth-order valence-corrected chi connectivity index (χ4v) is 1.63. The van der Waals surface area contributed by atoms with Crippen LogP contribution in [-0.4, -0.2) is 39.4 Å². The lowest BCUT2D eigenvalue weighted by Crippen LogP contribution is -2.21. The Hall–Kier alpha value is -0.120. The van der Waals surface area contributed by atoms with E-state index in [-0.39, 0.29) is 0 Å². The maximum absolute atomic E-state index is 5.05. The minimum absolute atomic E-state index is 0.486. The topological polar surface area (TPSA) is 33.3 Å². The van der Waals surface area contributed by atoms with Gasteiger partial charge in [-0.3, -0.25) is 0 Å². The van der Waals surface area contributed by atoms with Crippen LogP contribution < -0.4 is 10.6 Å². The van der Waals surface area contributed by atoms with Crippen molar-refractivity contribution in [2.75, 3.05) is 33.3 Å². The fourth-order valence-electron chi connectivity index (χ4n) is 1.63. The lowest BCUT2D eigenvalue weighted by Gasteiger charge is -2.08. The van der Waals surface area contributed by atoms with E-state index in [0.717, 1.165) is 13.1 Å². The van der Waals surface area contributed by atoms with Crippen LogP contribution in [0, 0.1) is 0 Å². The quantitative estimate of drug-likeness (QED) is 0.634. The Morgan fingerprint density at radius 3 is 2.00 bits per heavy atom. The van der Waals surface area contributed by atoms with E-state index >= 15 is 0 Å². The first kappa shape index (κ1) is 11.0. The molecular weight excluding hydrogens is 164 g/mol. The van der Waals surface area contributed by atoms with Gasteiger partial charge in [-0.1, -0.05) is 6.42 Å². The van der Waals surface area contributed by atoms with Gasteiger partial charge in [-0.05, 0) is 38.9 Å². The van der Waals surface area contributed by atoms with Crippen molar-refractivity contribution >= 4 is 0 Å². The highest BCUT2D eigenvalue weighted by Gasteiger charge is 2.11. The normalized spacial score (nSPS) is 27.9. The second kappa shape index (κ2) is 7.30. The SMILES string of the molecule is C1CCNCC1.COC1CCNC1. The van der Waals surface area contributed by atoms with E-state index in [1.54, 1.807) is 7.11 Å². The molecule has 2 fully saturated rings. The van der Waals surface area contributed by atoms with Gasteiger partial charge in [0, 0.05) is 13.7 Å². The molecule has 0 aromatic rings. The van der Waals surface area contributed by atoms with Crippen LogP contribution in [0.15, 0.2) is 0 Å². The minimum atomic E-state index is 0.486. The number of rotatable bonds is 1. The number of hydrogen-bond donors (Lipinski definition) is 2. The van der Waals surface area contributed by atoms with Crippen LogP contribution >= 0.6 is 0 Å². The van der Waals surface area contributed by atoms with Gasteiger partial charge in [-0.25, -0.2) is 0 Å². The van der Waals surface area contributed by atoms with Gasteiger partial charge < -0.3 is 15.4 Å². The molecule has 0 saturated carbocycles. The van der Waals surface area contributed by atoms with Crippen molar-refractivity contribution in [1.82, 2.24) is 10.6 Å². The van der Waals surface area contributed by atoms with Gasteiger partial charge >= 0.3 is 0 Å². The highest BCUT2D eigenvalue weighted by molar-refractivity contribution is 4.69. The average molecular weight is 186 g/mol. The standard InChI is InChI=1S/C5H11NO.C5H11N/c1-7-5-2-3-6-4-5;1-2-4-6-5-3-1/h5-6H,2-4H2,1H3;6H,1-5H2. The molecule has 1 unspecified atom stereocenters. The van der Waals surface area contributed by atoms with Gasteiger partial charge in [0.1, 0.15) is 0 Å². The number of hydrogen-bond acceptors (Lipinski definition) is 3.